The second-order valence-corrected chi connectivity index (χ2v) is 10.0. The summed E-state index contributed by atoms with van der Waals surface area (Å²) in [5.74, 6) is 2.21. The van der Waals surface area contributed by atoms with Crippen LogP contribution in [0.3, 0.4) is 0 Å². The highest BCUT2D eigenvalue weighted by molar-refractivity contribution is 7.18. The molecule has 0 saturated carbocycles. The van der Waals surface area contributed by atoms with Crippen molar-refractivity contribution < 1.29 is 14.3 Å². The molecule has 0 aliphatic carbocycles. The maximum Gasteiger partial charge on any atom is 0.237 e. The van der Waals surface area contributed by atoms with E-state index in [4.69, 9.17) is 14.5 Å². The number of para-hydroxylation sites is 1. The molecule has 3 heterocycles. The van der Waals surface area contributed by atoms with E-state index in [1.807, 2.05) is 29.2 Å². The summed E-state index contributed by atoms with van der Waals surface area (Å²) < 4.78 is 12.3. The molecular formula is C26H31N3O3S. The van der Waals surface area contributed by atoms with Crippen molar-refractivity contribution in [2.24, 2.45) is 0 Å². The Kier molecular flexibility index (Phi) is 6.51. The van der Waals surface area contributed by atoms with Gasteiger partial charge in [-0.05, 0) is 62.6 Å². The number of piperidine rings is 1. The number of likely N-dealkylation sites (tertiary alicyclic amines) is 2. The Morgan fingerprint density at radius 2 is 1.94 bits per heavy atom. The van der Waals surface area contributed by atoms with Crippen molar-refractivity contribution >= 4 is 27.5 Å². The largest absolute Gasteiger partial charge is 0.497 e. The van der Waals surface area contributed by atoms with Gasteiger partial charge in [-0.3, -0.25) is 9.69 Å². The summed E-state index contributed by atoms with van der Waals surface area (Å²) in [4.78, 5) is 22.7. The van der Waals surface area contributed by atoms with Gasteiger partial charge in [0.1, 0.15) is 11.5 Å². The van der Waals surface area contributed by atoms with Crippen molar-refractivity contribution in [3.8, 4) is 11.5 Å². The average molecular weight is 466 g/mol. The van der Waals surface area contributed by atoms with Crippen molar-refractivity contribution in [1.82, 2.24) is 14.8 Å². The Hall–Kier alpha value is -2.64. The van der Waals surface area contributed by atoms with E-state index in [1.54, 1.807) is 25.6 Å². The molecule has 5 rings (SSSR count). The van der Waals surface area contributed by atoms with E-state index >= 15 is 0 Å². The molecule has 3 aromatic rings. The van der Waals surface area contributed by atoms with Gasteiger partial charge in [0.15, 0.2) is 0 Å². The van der Waals surface area contributed by atoms with Gasteiger partial charge >= 0.3 is 0 Å². The number of carbonyl (C=O) groups is 1. The van der Waals surface area contributed by atoms with E-state index in [-0.39, 0.29) is 11.9 Å². The minimum atomic E-state index is 0.0346. The first-order chi connectivity index (χ1) is 16.2. The van der Waals surface area contributed by atoms with Crippen LogP contribution in [0.15, 0.2) is 42.5 Å². The molecule has 174 valence electrons. The molecule has 2 unspecified atom stereocenters. The number of amides is 1. The predicted molar refractivity (Wildman–Crippen MR) is 131 cm³/mol. The van der Waals surface area contributed by atoms with Crippen LogP contribution in [-0.2, 0) is 4.79 Å². The number of thiazole rings is 1. The minimum absolute atomic E-state index is 0.0346. The average Bonchev–Trinajstić information content (AvgIpc) is 3.51. The van der Waals surface area contributed by atoms with Gasteiger partial charge in [0, 0.05) is 24.6 Å². The number of fused-ring (bicyclic) bond motifs is 1. The predicted octanol–water partition coefficient (Wildman–Crippen LogP) is 4.86. The van der Waals surface area contributed by atoms with Gasteiger partial charge in [-0.25, -0.2) is 4.98 Å². The summed E-state index contributed by atoms with van der Waals surface area (Å²) in [5.41, 5.74) is 2.12. The molecule has 6 nitrogen and oxygen atoms in total. The molecular weight excluding hydrogens is 434 g/mol. The molecule has 1 aromatic heterocycles. The van der Waals surface area contributed by atoms with Gasteiger partial charge in [0.25, 0.3) is 0 Å². The van der Waals surface area contributed by atoms with Crippen LogP contribution in [0.2, 0.25) is 0 Å². The van der Waals surface area contributed by atoms with Crippen LogP contribution in [0.25, 0.3) is 10.2 Å². The number of hydrogen-bond acceptors (Lipinski definition) is 6. The minimum Gasteiger partial charge on any atom is -0.497 e. The summed E-state index contributed by atoms with van der Waals surface area (Å²) in [5, 5.41) is 1.20. The summed E-state index contributed by atoms with van der Waals surface area (Å²) in [6.45, 7) is 3.11. The molecule has 2 fully saturated rings. The fourth-order valence-corrected chi connectivity index (χ4v) is 6.33. The summed E-state index contributed by atoms with van der Waals surface area (Å²) >= 11 is 1.80. The van der Waals surface area contributed by atoms with E-state index < -0.39 is 0 Å². The highest BCUT2D eigenvalue weighted by Gasteiger charge is 2.34. The van der Waals surface area contributed by atoms with Gasteiger partial charge in [0.05, 0.1) is 42.0 Å². The number of carbonyl (C=O) groups excluding carboxylic acids is 1. The van der Waals surface area contributed by atoms with Crippen LogP contribution >= 0.6 is 11.3 Å². The van der Waals surface area contributed by atoms with Gasteiger partial charge in [-0.1, -0.05) is 12.1 Å². The van der Waals surface area contributed by atoms with Crippen molar-refractivity contribution in [3.63, 3.8) is 0 Å². The zero-order valence-corrected chi connectivity index (χ0v) is 20.1. The van der Waals surface area contributed by atoms with Crippen LogP contribution in [-0.4, -0.2) is 61.1 Å². The summed E-state index contributed by atoms with van der Waals surface area (Å²) in [7, 11) is 3.35. The van der Waals surface area contributed by atoms with Gasteiger partial charge in [-0.2, -0.15) is 0 Å². The monoisotopic (exact) mass is 465 g/mol. The van der Waals surface area contributed by atoms with E-state index in [9.17, 15) is 4.79 Å². The molecule has 0 radical (unpaired) electrons. The maximum absolute atomic E-state index is 13.4. The zero-order valence-electron chi connectivity index (χ0n) is 19.3. The van der Waals surface area contributed by atoms with E-state index in [0.717, 1.165) is 67.9 Å². The van der Waals surface area contributed by atoms with Crippen LogP contribution < -0.4 is 9.47 Å². The molecule has 2 saturated heterocycles. The normalized spacial score (nSPS) is 21.5. The first-order valence-corrected chi connectivity index (χ1v) is 12.6. The van der Waals surface area contributed by atoms with Crippen molar-refractivity contribution in [2.75, 3.05) is 40.4 Å². The lowest BCUT2D eigenvalue weighted by Crippen LogP contribution is -2.43. The third-order valence-corrected chi connectivity index (χ3v) is 8.09. The van der Waals surface area contributed by atoms with Crippen molar-refractivity contribution in [2.45, 2.75) is 37.6 Å². The number of ether oxygens (including phenoxy) is 2. The Morgan fingerprint density at radius 1 is 1.09 bits per heavy atom. The van der Waals surface area contributed by atoms with Gasteiger partial charge in [0.2, 0.25) is 5.91 Å². The number of aromatic nitrogens is 1. The Labute approximate surface area is 199 Å². The summed E-state index contributed by atoms with van der Waals surface area (Å²) in [6, 6.07) is 14.2. The van der Waals surface area contributed by atoms with Crippen molar-refractivity contribution in [1.29, 1.82) is 0 Å². The van der Waals surface area contributed by atoms with Crippen molar-refractivity contribution in [3.05, 3.63) is 53.0 Å². The molecule has 2 aliphatic heterocycles. The number of methoxy groups -OCH3 is 2. The maximum atomic E-state index is 13.4. The summed E-state index contributed by atoms with van der Waals surface area (Å²) in [6.07, 6.45) is 4.19. The Bertz CT molecular complexity index is 1100. The highest BCUT2D eigenvalue weighted by Crippen LogP contribution is 2.39. The fraction of sp³-hybridized carbons (Fsp3) is 0.462. The molecule has 2 aliphatic rings. The lowest BCUT2D eigenvalue weighted by atomic mass is 9.98. The van der Waals surface area contributed by atoms with Gasteiger partial charge < -0.3 is 14.4 Å². The first kappa shape index (κ1) is 22.2. The Morgan fingerprint density at radius 3 is 2.76 bits per heavy atom. The second-order valence-electron chi connectivity index (χ2n) is 8.95. The lowest BCUT2D eigenvalue weighted by molar-refractivity contribution is -0.133. The molecule has 0 bridgehead atoms. The molecule has 0 N–H and O–H groups in total. The topological polar surface area (TPSA) is 54.9 Å². The van der Waals surface area contributed by atoms with Gasteiger partial charge in [-0.15, -0.1) is 11.3 Å². The highest BCUT2D eigenvalue weighted by atomic mass is 32.1. The smallest absolute Gasteiger partial charge is 0.237 e. The van der Waals surface area contributed by atoms with E-state index in [2.05, 4.69) is 23.1 Å². The number of hydrogen-bond donors (Lipinski definition) is 0. The standard InChI is InChI=1S/C26H31N3O3S/c1-31-19-11-12-23(32-2)20(15-19)22-9-6-14-29(22)25(30)17-28-13-5-7-18(16-28)26-27-21-8-3-4-10-24(21)33-26/h3-4,8,10-12,15,18,22H,5-7,9,13-14,16-17H2,1-2H3. The van der Waals surface area contributed by atoms with E-state index in [1.165, 1.54) is 9.71 Å². The molecule has 7 heteroatoms. The van der Waals surface area contributed by atoms with Crippen LogP contribution in [0.5, 0.6) is 11.5 Å². The number of rotatable bonds is 6. The fourth-order valence-electron chi connectivity index (χ4n) is 5.24. The second kappa shape index (κ2) is 9.69. The molecule has 2 atom stereocenters. The molecule has 1 amide bonds. The Balaban J connectivity index is 1.28. The third-order valence-electron chi connectivity index (χ3n) is 6.89. The molecule has 0 spiro atoms. The first-order valence-electron chi connectivity index (χ1n) is 11.8. The third kappa shape index (κ3) is 4.57. The van der Waals surface area contributed by atoms with E-state index in [0.29, 0.717) is 12.5 Å². The number of nitrogens with zero attached hydrogens (tertiary/aromatic N) is 3. The lowest BCUT2D eigenvalue weighted by Gasteiger charge is -2.34. The van der Waals surface area contributed by atoms with Crippen LogP contribution in [0.4, 0.5) is 0 Å². The quantitative estimate of drug-likeness (QED) is 0.521. The van der Waals surface area contributed by atoms with Crippen LogP contribution in [0, 0.1) is 0 Å². The zero-order chi connectivity index (χ0) is 22.8. The SMILES string of the molecule is COc1ccc(OC)c(C2CCCN2C(=O)CN2CCCC(c3nc4ccccc4s3)C2)c1. The number of benzene rings is 2. The molecule has 33 heavy (non-hydrogen) atoms. The van der Waals surface area contributed by atoms with Crippen LogP contribution in [0.1, 0.15) is 48.2 Å². The molecule has 2 aromatic carbocycles.